The third-order valence-corrected chi connectivity index (χ3v) is 29.1. The summed E-state index contributed by atoms with van der Waals surface area (Å²) in [5, 5.41) is 41.2. The lowest BCUT2D eigenvalue weighted by Gasteiger charge is -2.39. The van der Waals surface area contributed by atoms with Crippen molar-refractivity contribution in [2.45, 2.75) is 178 Å². The van der Waals surface area contributed by atoms with Crippen LogP contribution in [0.5, 0.6) is 0 Å². The maximum atomic E-state index is 14.0. The molecule has 0 saturated carbocycles. The van der Waals surface area contributed by atoms with Gasteiger partial charge in [-0.25, -0.2) is 62.7 Å². The van der Waals surface area contributed by atoms with Crippen LogP contribution in [0, 0.1) is 68.2 Å². The Balaban J connectivity index is 0.000000159. The second kappa shape index (κ2) is 43.7. The number of halogens is 8. The summed E-state index contributed by atoms with van der Waals surface area (Å²) in [6, 6.07) is 7.27. The summed E-state index contributed by atoms with van der Waals surface area (Å²) < 4.78 is 187. The first-order valence-corrected chi connectivity index (χ1v) is 49.7. The Hall–Kier alpha value is -12.0. The number of nitrogens with one attached hydrogen (secondary N) is 5. The molecule has 0 radical (unpaired) electrons. The van der Waals surface area contributed by atoms with E-state index in [-0.39, 0.29) is 126 Å². The minimum atomic E-state index is -3.59. The van der Waals surface area contributed by atoms with Gasteiger partial charge in [-0.1, -0.05) is 83.1 Å². The van der Waals surface area contributed by atoms with Gasteiger partial charge in [-0.3, -0.25) is 24.0 Å². The van der Waals surface area contributed by atoms with E-state index >= 15 is 0 Å². The molecule has 8 aliphatic rings. The van der Waals surface area contributed by atoms with Crippen molar-refractivity contribution in [1.29, 1.82) is 0 Å². The molecule has 6 N–H and O–H groups in total. The molecular formula is C95H119F8N19O18S2. The van der Waals surface area contributed by atoms with Gasteiger partial charge in [-0.2, -0.15) is 56.2 Å². The van der Waals surface area contributed by atoms with E-state index in [0.717, 1.165) is 70.4 Å². The molecule has 5 atom stereocenters. The number of aromatic nitrogens is 8. The summed E-state index contributed by atoms with van der Waals surface area (Å²) in [6.07, 6.45) is 3.06. The number of piperazine rings is 2. The standard InChI is InChI=1S/C25H34F2N6O5S.C24H30F2N4O4.C23H27F2N5O4.C23H28F2N4O5S/c1-25(2,3)22(23(34)31-9-11-32(12-10-31)39(36,37)30(4)5)28-24(35)33-20-8-13-38-15-17(20)21(29-33)16-6-7-18(26)19(27)14-16;1-24(2,3)21(22(32)29-9-4-5-15(29)12-31)27-23(33)30-19-8-10-34-13-16(19)20(28-30)14-6-7-17(25)18(26)11-14;1-23(2,3)20(21(32)29-8-7-26-18(31)11-29)27-22(33)30-17-6-9-34-12-14(17)19(28-30)13-4-5-15(24)16(25)10-13;1-23(2,3)20(21(30)28-7-10-35(32,33)11-8-28)26-22(31)29-18-6-9-34-13-15(18)19(27-29)14-4-5-16(24)17(25)12-14/h6-7,14,22H,8-13,15H2,1-5H3,(H,28,35);6-7,11,15,21,31H,4-5,8-10,12-13H2,1-3H3,(H,27,33);4-5,10,20H,6-9,11-12H2,1-3H3,(H,26,31)(H,27,33);4-5,12,20H,6-11,13H2,1-3H3,(H,26,31)/t22-;15-,21+;2*20-/m1011/s1. The van der Waals surface area contributed by atoms with Gasteiger partial charge in [0.25, 0.3) is 10.2 Å². The van der Waals surface area contributed by atoms with Crippen LogP contribution in [0.3, 0.4) is 0 Å². The summed E-state index contributed by atoms with van der Waals surface area (Å²) in [6.45, 7) is 25.8. The van der Waals surface area contributed by atoms with Crippen LogP contribution in [0.4, 0.5) is 54.3 Å². The Morgan fingerprint density at radius 1 is 0.437 bits per heavy atom. The summed E-state index contributed by atoms with van der Waals surface area (Å²) in [5.41, 5.74) is 4.65. The molecule has 8 aliphatic heterocycles. The number of rotatable bonds is 15. The van der Waals surface area contributed by atoms with Crippen LogP contribution in [0.2, 0.25) is 0 Å². The minimum absolute atomic E-state index is 0.0679. The SMILES string of the molecule is CC(C)(C)[C@H](NC(=O)n1nc(-c2ccc(F)c(F)c2)c2c1CCOC2)C(=O)N1CCC[C@H]1CO.CC(C)(C)[C@H](NC(=O)n1nc(-c2ccc(F)c(F)c2)c2c1CCOC2)C(=O)N1CCNC(=O)C1.CC(C)(C)[C@H](NC(=O)n1nc(-c2ccc(F)c(F)c2)c2c1CCOC2)C(=O)N1CCS(=O)(=O)CC1.CN(C)S(=O)(=O)N1CCN(C(=O)[C@@H](NC(=O)n2nc(-c3ccc(F)c(F)c3)c3c2CCOC3)C(C)(C)C)CC1. The highest BCUT2D eigenvalue weighted by molar-refractivity contribution is 7.91. The molecule has 4 aromatic heterocycles. The topological polar surface area (TPSA) is 430 Å². The van der Waals surface area contributed by atoms with Crippen LogP contribution in [-0.2, 0) is 115 Å². The normalized spacial score (nSPS) is 18.1. The number of amides is 9. The summed E-state index contributed by atoms with van der Waals surface area (Å²) in [7, 11) is -3.86. The van der Waals surface area contributed by atoms with Crippen LogP contribution in [-0.4, -0.2) is 297 Å². The van der Waals surface area contributed by atoms with Crippen molar-refractivity contribution in [3.8, 4) is 45.0 Å². The minimum Gasteiger partial charge on any atom is -0.394 e. The van der Waals surface area contributed by atoms with Crippen molar-refractivity contribution >= 4 is 73.7 Å². The molecule has 9 amide bonds. The molecule has 12 heterocycles. The molecule has 8 aromatic rings. The largest absolute Gasteiger partial charge is 0.394 e. The second-order valence-electron chi connectivity index (χ2n) is 40.1. The Morgan fingerprint density at radius 3 is 1.01 bits per heavy atom. The molecule has 4 fully saturated rings. The quantitative estimate of drug-likeness (QED) is 0.0523. The third-order valence-electron chi connectivity index (χ3n) is 25.6. The van der Waals surface area contributed by atoms with E-state index < -0.39 is 137 Å². The molecule has 0 bridgehead atoms. The van der Waals surface area contributed by atoms with Gasteiger partial charge in [0.2, 0.25) is 29.5 Å². The number of hydrogen-bond donors (Lipinski definition) is 6. The fraction of sp³-hybridized carbons (Fsp3) is 0.526. The van der Waals surface area contributed by atoms with Crippen molar-refractivity contribution in [3.63, 3.8) is 0 Å². The molecule has 4 aromatic carbocycles. The molecule has 37 nitrogen and oxygen atoms in total. The average Bonchev–Trinajstić information content (AvgIpc) is 1.62. The van der Waals surface area contributed by atoms with E-state index in [0.29, 0.717) is 162 Å². The zero-order chi connectivity index (χ0) is 103. The van der Waals surface area contributed by atoms with Crippen molar-refractivity contribution in [2.75, 3.05) is 124 Å². The smallest absolute Gasteiger partial charge is 0.343 e. The average molecular weight is 2030 g/mol. The van der Waals surface area contributed by atoms with Crippen LogP contribution < -0.4 is 26.6 Å². The van der Waals surface area contributed by atoms with Gasteiger partial charge in [0.05, 0.1) is 129 Å². The maximum Gasteiger partial charge on any atom is 0.343 e. The number of ether oxygens (including phenoxy) is 4. The predicted molar refractivity (Wildman–Crippen MR) is 500 cm³/mol. The van der Waals surface area contributed by atoms with E-state index in [1.54, 1.807) is 30.6 Å². The number of sulfone groups is 1. The van der Waals surface area contributed by atoms with E-state index in [1.807, 2.05) is 62.3 Å². The molecule has 4 saturated heterocycles. The number of hydrogen-bond acceptors (Lipinski definition) is 22. The highest BCUT2D eigenvalue weighted by Gasteiger charge is 2.46. The van der Waals surface area contributed by atoms with Crippen LogP contribution in [0.25, 0.3) is 45.0 Å². The lowest BCUT2D eigenvalue weighted by molar-refractivity contribution is -0.141. The van der Waals surface area contributed by atoms with Crippen molar-refractivity contribution < 1.29 is 119 Å². The number of carbonyl (C=O) groups excluding carboxylic acids is 9. The van der Waals surface area contributed by atoms with Gasteiger partial charge < -0.3 is 70.2 Å². The van der Waals surface area contributed by atoms with Gasteiger partial charge in [-0.05, 0) is 107 Å². The Kier molecular flexibility index (Phi) is 33.0. The van der Waals surface area contributed by atoms with Gasteiger partial charge >= 0.3 is 24.1 Å². The fourth-order valence-corrected chi connectivity index (χ4v) is 19.9. The number of nitrogens with zero attached hydrogens (tertiary/aromatic N) is 14. The highest BCUT2D eigenvalue weighted by Crippen LogP contribution is 2.38. The summed E-state index contributed by atoms with van der Waals surface area (Å²) in [4.78, 5) is 125. The molecule has 142 heavy (non-hydrogen) atoms. The molecule has 0 unspecified atom stereocenters. The summed E-state index contributed by atoms with van der Waals surface area (Å²) >= 11 is 0. The lowest BCUT2D eigenvalue weighted by Crippen LogP contribution is -2.60. The molecular weight excluding hydrogens is 1910 g/mol. The van der Waals surface area contributed by atoms with Gasteiger partial charge in [0.1, 0.15) is 24.2 Å². The number of benzene rings is 4. The monoisotopic (exact) mass is 2030 g/mol. The van der Waals surface area contributed by atoms with Crippen molar-refractivity contribution in [3.05, 3.63) is 164 Å². The highest BCUT2D eigenvalue weighted by atomic mass is 32.2. The number of likely N-dealkylation sites (tertiary alicyclic amines) is 1. The van der Waals surface area contributed by atoms with Gasteiger partial charge in [0, 0.05) is 143 Å². The lowest BCUT2D eigenvalue weighted by atomic mass is 9.85. The molecule has 16 rings (SSSR count). The molecule has 47 heteroatoms. The van der Waals surface area contributed by atoms with Crippen molar-refractivity contribution in [2.24, 2.45) is 21.7 Å². The first kappa shape index (κ1) is 107. The number of carbonyl (C=O) groups is 9. The van der Waals surface area contributed by atoms with E-state index in [4.69, 9.17) is 18.9 Å². The van der Waals surface area contributed by atoms with Crippen LogP contribution in [0.15, 0.2) is 72.8 Å². The fourth-order valence-electron chi connectivity index (χ4n) is 17.6. The molecule has 770 valence electrons. The Labute approximate surface area is 816 Å². The van der Waals surface area contributed by atoms with Gasteiger partial charge in [0.15, 0.2) is 56.4 Å². The first-order valence-electron chi connectivity index (χ1n) is 46.5. The first-order chi connectivity index (χ1) is 66.8. The number of aliphatic hydroxyl groups is 1. The van der Waals surface area contributed by atoms with E-state index in [2.05, 4.69) is 47.0 Å². The zero-order valence-electron chi connectivity index (χ0n) is 81.4. The Morgan fingerprint density at radius 2 is 0.732 bits per heavy atom. The van der Waals surface area contributed by atoms with E-state index in [1.165, 1.54) is 66.5 Å². The van der Waals surface area contributed by atoms with E-state index in [9.17, 15) is 100 Å². The summed E-state index contributed by atoms with van der Waals surface area (Å²) in [5.74, 6) is -9.83. The van der Waals surface area contributed by atoms with Crippen molar-refractivity contribution in [1.82, 2.24) is 93.9 Å². The zero-order valence-corrected chi connectivity index (χ0v) is 83.0. The van der Waals surface area contributed by atoms with Crippen LogP contribution >= 0.6 is 0 Å². The third kappa shape index (κ3) is 24.2. The predicted octanol–water partition coefficient (Wildman–Crippen LogP) is 8.64. The van der Waals surface area contributed by atoms with Gasteiger partial charge in [-0.15, -0.1) is 0 Å². The van der Waals surface area contributed by atoms with Crippen LogP contribution in [0.1, 0.15) is 141 Å². The molecule has 0 spiro atoms. The molecule has 0 aliphatic carbocycles. The number of aliphatic hydroxyl groups excluding tert-OH is 1. The Bertz CT molecular complexity index is 6360. The second-order valence-corrected chi connectivity index (χ2v) is 44.5. The number of fused-ring (bicyclic) bond motifs is 4. The maximum absolute atomic E-state index is 14.0.